The number of hydrogen-bond acceptors (Lipinski definition) is 3. The number of nitrogens with two attached hydrogens (primary N) is 1. The van der Waals surface area contributed by atoms with Gasteiger partial charge in [0.25, 0.3) is 0 Å². The van der Waals surface area contributed by atoms with Gasteiger partial charge in [0.05, 0.1) is 16.6 Å². The molecule has 0 spiro atoms. The molecule has 1 aromatic carbocycles. The van der Waals surface area contributed by atoms with Crippen LogP contribution < -0.4 is 11.3 Å². The van der Waals surface area contributed by atoms with Crippen molar-refractivity contribution in [2.45, 2.75) is 12.2 Å². The molecule has 0 amide bonds. The molecule has 1 heterocycles. The zero-order valence-corrected chi connectivity index (χ0v) is 12.8. The Kier molecular flexibility index (Phi) is 4.88. The summed E-state index contributed by atoms with van der Waals surface area (Å²) in [6, 6.07) is 4.86. The lowest BCUT2D eigenvalue weighted by molar-refractivity contribution is -0.138. The normalized spacial score (nSPS) is 13.2. The summed E-state index contributed by atoms with van der Waals surface area (Å²) in [5, 5.41) is 0.380. The lowest BCUT2D eigenvalue weighted by atomic mass is 9.96. The first-order chi connectivity index (χ1) is 9.84. The zero-order chi connectivity index (χ0) is 15.6. The van der Waals surface area contributed by atoms with Crippen LogP contribution in [0.4, 0.5) is 13.2 Å². The lowest BCUT2D eigenvalue weighted by Crippen LogP contribution is -2.30. The summed E-state index contributed by atoms with van der Waals surface area (Å²) in [6.07, 6.45) is -2.26. The van der Waals surface area contributed by atoms with Crippen molar-refractivity contribution >= 4 is 27.5 Å². The van der Waals surface area contributed by atoms with Crippen LogP contribution in [0, 0.1) is 0 Å². The molecule has 0 bridgehead atoms. The fourth-order valence-corrected chi connectivity index (χ4v) is 2.39. The summed E-state index contributed by atoms with van der Waals surface area (Å²) in [4.78, 5) is 3.76. The van der Waals surface area contributed by atoms with Gasteiger partial charge in [0.15, 0.2) is 0 Å². The SMILES string of the molecule is NNC(c1ccc(Br)c(Cl)c1)c1cnccc1C(F)(F)F. The van der Waals surface area contributed by atoms with Gasteiger partial charge in [0.2, 0.25) is 0 Å². The van der Waals surface area contributed by atoms with E-state index in [0.29, 0.717) is 15.1 Å². The molecule has 0 radical (unpaired) electrons. The summed E-state index contributed by atoms with van der Waals surface area (Å²) in [5.41, 5.74) is 2.03. The van der Waals surface area contributed by atoms with Crippen molar-refractivity contribution in [3.63, 3.8) is 0 Å². The van der Waals surface area contributed by atoms with Crippen molar-refractivity contribution in [1.29, 1.82) is 0 Å². The average molecular weight is 381 g/mol. The quantitative estimate of drug-likeness (QED) is 0.623. The molecule has 21 heavy (non-hydrogen) atoms. The molecule has 0 aliphatic rings. The van der Waals surface area contributed by atoms with Crippen LogP contribution in [0.25, 0.3) is 0 Å². The number of aromatic nitrogens is 1. The van der Waals surface area contributed by atoms with Crippen molar-refractivity contribution in [2.24, 2.45) is 5.84 Å². The summed E-state index contributed by atoms with van der Waals surface area (Å²) in [5.74, 6) is 5.44. The van der Waals surface area contributed by atoms with E-state index < -0.39 is 17.8 Å². The highest BCUT2D eigenvalue weighted by atomic mass is 79.9. The Morgan fingerprint density at radius 2 is 2.00 bits per heavy atom. The molecule has 0 saturated heterocycles. The standard InChI is InChI=1S/C13H10BrClF3N3/c14-10-2-1-7(5-11(10)15)12(21-19)8-6-20-4-3-9(8)13(16,17)18/h1-6,12,21H,19H2. The van der Waals surface area contributed by atoms with E-state index in [2.05, 4.69) is 26.3 Å². The van der Waals surface area contributed by atoms with E-state index in [0.717, 1.165) is 18.5 Å². The Labute approximate surface area is 132 Å². The minimum atomic E-state index is -4.49. The predicted octanol–water partition coefficient (Wildman–Crippen LogP) is 4.07. The third-order valence-electron chi connectivity index (χ3n) is 2.91. The molecule has 0 aliphatic heterocycles. The molecular weight excluding hydrogens is 371 g/mol. The van der Waals surface area contributed by atoms with Crippen LogP contribution in [0.1, 0.15) is 22.7 Å². The molecule has 1 aromatic heterocycles. The minimum absolute atomic E-state index is 0.0640. The van der Waals surface area contributed by atoms with E-state index in [9.17, 15) is 13.2 Å². The van der Waals surface area contributed by atoms with Crippen LogP contribution in [0.2, 0.25) is 5.02 Å². The molecule has 3 N–H and O–H groups in total. The molecule has 1 unspecified atom stereocenters. The second-order valence-electron chi connectivity index (χ2n) is 4.23. The van der Waals surface area contributed by atoms with Gasteiger partial charge in [-0.05, 0) is 39.7 Å². The van der Waals surface area contributed by atoms with Crippen LogP contribution >= 0.6 is 27.5 Å². The van der Waals surface area contributed by atoms with Gasteiger partial charge in [-0.25, -0.2) is 5.43 Å². The van der Waals surface area contributed by atoms with Gasteiger partial charge in [-0.2, -0.15) is 13.2 Å². The van der Waals surface area contributed by atoms with Crippen molar-refractivity contribution in [3.8, 4) is 0 Å². The summed E-state index contributed by atoms with van der Waals surface area (Å²) in [7, 11) is 0. The van der Waals surface area contributed by atoms with Gasteiger partial charge in [0, 0.05) is 22.4 Å². The summed E-state index contributed by atoms with van der Waals surface area (Å²) in [6.45, 7) is 0. The zero-order valence-electron chi connectivity index (χ0n) is 10.5. The first-order valence-corrected chi connectivity index (χ1v) is 6.94. The molecule has 1 atom stereocenters. The Morgan fingerprint density at radius 3 is 2.57 bits per heavy atom. The van der Waals surface area contributed by atoms with Gasteiger partial charge >= 0.3 is 6.18 Å². The summed E-state index contributed by atoms with van der Waals surface area (Å²) >= 11 is 9.21. The van der Waals surface area contributed by atoms with Crippen molar-refractivity contribution in [3.05, 3.63) is 62.8 Å². The number of nitrogens with one attached hydrogen (secondary N) is 1. The second kappa shape index (κ2) is 6.31. The molecule has 2 aromatic rings. The second-order valence-corrected chi connectivity index (χ2v) is 5.50. The molecule has 8 heteroatoms. The Hall–Kier alpha value is -1.15. The number of nitrogens with zero attached hydrogens (tertiary/aromatic N) is 1. The topological polar surface area (TPSA) is 50.9 Å². The molecule has 3 nitrogen and oxygen atoms in total. The Bertz CT molecular complexity index is 649. The molecule has 0 aliphatic carbocycles. The van der Waals surface area contributed by atoms with Gasteiger partial charge < -0.3 is 0 Å². The first kappa shape index (κ1) is 16.2. The van der Waals surface area contributed by atoms with E-state index in [4.69, 9.17) is 17.4 Å². The van der Waals surface area contributed by atoms with E-state index >= 15 is 0 Å². The number of hydrogen-bond donors (Lipinski definition) is 2. The van der Waals surface area contributed by atoms with Gasteiger partial charge in [-0.15, -0.1) is 0 Å². The van der Waals surface area contributed by atoms with Crippen LogP contribution in [0.3, 0.4) is 0 Å². The molecule has 0 saturated carbocycles. The van der Waals surface area contributed by atoms with Crippen LogP contribution in [-0.2, 0) is 6.18 Å². The number of alkyl halides is 3. The molecular formula is C13H10BrClF3N3. The molecule has 112 valence electrons. The Morgan fingerprint density at radius 1 is 1.29 bits per heavy atom. The largest absolute Gasteiger partial charge is 0.416 e. The molecule has 0 fully saturated rings. The van der Waals surface area contributed by atoms with Gasteiger partial charge in [-0.1, -0.05) is 17.7 Å². The minimum Gasteiger partial charge on any atom is -0.271 e. The highest BCUT2D eigenvalue weighted by Crippen LogP contribution is 2.36. The van der Waals surface area contributed by atoms with E-state index in [1.54, 1.807) is 18.2 Å². The van der Waals surface area contributed by atoms with Crippen LogP contribution in [0.5, 0.6) is 0 Å². The fraction of sp³-hybridized carbons (Fsp3) is 0.154. The predicted molar refractivity (Wildman–Crippen MR) is 77.6 cm³/mol. The molecule has 2 rings (SSSR count). The van der Waals surface area contributed by atoms with Crippen molar-refractivity contribution in [2.75, 3.05) is 0 Å². The van der Waals surface area contributed by atoms with Gasteiger partial charge in [-0.3, -0.25) is 10.8 Å². The van der Waals surface area contributed by atoms with Crippen LogP contribution in [-0.4, -0.2) is 4.98 Å². The highest BCUT2D eigenvalue weighted by molar-refractivity contribution is 9.10. The van der Waals surface area contributed by atoms with E-state index in [-0.39, 0.29) is 5.56 Å². The van der Waals surface area contributed by atoms with Crippen molar-refractivity contribution < 1.29 is 13.2 Å². The maximum absolute atomic E-state index is 13.1. The van der Waals surface area contributed by atoms with Crippen LogP contribution in [0.15, 0.2) is 41.1 Å². The monoisotopic (exact) mass is 379 g/mol. The average Bonchev–Trinajstić information content (AvgIpc) is 2.43. The fourth-order valence-electron chi connectivity index (χ4n) is 1.95. The maximum Gasteiger partial charge on any atom is 0.416 e. The highest BCUT2D eigenvalue weighted by Gasteiger charge is 2.35. The van der Waals surface area contributed by atoms with E-state index in [1.807, 2.05) is 0 Å². The number of benzene rings is 1. The maximum atomic E-state index is 13.1. The smallest absolute Gasteiger partial charge is 0.271 e. The first-order valence-electron chi connectivity index (χ1n) is 5.76. The third kappa shape index (κ3) is 3.55. The van der Waals surface area contributed by atoms with Gasteiger partial charge in [0.1, 0.15) is 0 Å². The summed E-state index contributed by atoms with van der Waals surface area (Å²) < 4.78 is 39.9. The Balaban J connectivity index is 2.54. The van der Waals surface area contributed by atoms with E-state index in [1.165, 1.54) is 0 Å². The number of rotatable bonds is 3. The third-order valence-corrected chi connectivity index (χ3v) is 4.14. The van der Waals surface area contributed by atoms with Crippen molar-refractivity contribution in [1.82, 2.24) is 10.4 Å². The number of halogens is 5. The lowest BCUT2D eigenvalue weighted by Gasteiger charge is -2.21. The number of pyridine rings is 1. The number of hydrazine groups is 1.